The van der Waals surface area contributed by atoms with Crippen LogP contribution in [0.4, 0.5) is 5.69 Å². The standard InChI is InChI=1S/C14H18N4O/c1-10-8-11(15-2)4-5-12(10)14(19)18(3)9-13-16-6-7-17-13/h4-8,15H,9H2,1-3H3,(H,16,17). The Hall–Kier alpha value is -2.30. The first-order valence-corrected chi connectivity index (χ1v) is 6.14. The normalized spacial score (nSPS) is 10.3. The monoisotopic (exact) mass is 258 g/mol. The van der Waals surface area contributed by atoms with Crippen molar-refractivity contribution in [3.63, 3.8) is 0 Å². The average Bonchev–Trinajstić information content (AvgIpc) is 2.90. The number of rotatable bonds is 4. The van der Waals surface area contributed by atoms with E-state index in [-0.39, 0.29) is 5.91 Å². The van der Waals surface area contributed by atoms with Gasteiger partial charge in [0.25, 0.3) is 5.91 Å². The minimum Gasteiger partial charge on any atom is -0.388 e. The molecule has 0 aliphatic rings. The fourth-order valence-electron chi connectivity index (χ4n) is 1.95. The molecule has 5 heteroatoms. The van der Waals surface area contributed by atoms with Crippen LogP contribution in [0.2, 0.25) is 0 Å². The summed E-state index contributed by atoms with van der Waals surface area (Å²) in [6.45, 7) is 2.41. The van der Waals surface area contributed by atoms with Crippen LogP contribution in [0.15, 0.2) is 30.6 Å². The van der Waals surface area contributed by atoms with Crippen molar-refractivity contribution in [3.8, 4) is 0 Å². The maximum absolute atomic E-state index is 12.4. The van der Waals surface area contributed by atoms with Crippen LogP contribution in [-0.4, -0.2) is 34.9 Å². The third-order valence-corrected chi connectivity index (χ3v) is 3.03. The molecule has 2 N–H and O–H groups in total. The van der Waals surface area contributed by atoms with Gasteiger partial charge in [-0.05, 0) is 30.7 Å². The highest BCUT2D eigenvalue weighted by molar-refractivity contribution is 5.95. The molecule has 2 aromatic rings. The Labute approximate surface area is 112 Å². The quantitative estimate of drug-likeness (QED) is 0.882. The van der Waals surface area contributed by atoms with Gasteiger partial charge in [-0.2, -0.15) is 0 Å². The molecule has 0 aliphatic carbocycles. The van der Waals surface area contributed by atoms with E-state index in [1.807, 2.05) is 32.2 Å². The number of anilines is 1. The Balaban J connectivity index is 2.14. The zero-order valence-corrected chi connectivity index (χ0v) is 11.4. The lowest BCUT2D eigenvalue weighted by Gasteiger charge is -2.17. The molecular formula is C14H18N4O. The van der Waals surface area contributed by atoms with E-state index < -0.39 is 0 Å². The van der Waals surface area contributed by atoms with Crippen LogP contribution in [0.3, 0.4) is 0 Å². The number of carbonyl (C=O) groups is 1. The summed E-state index contributed by atoms with van der Waals surface area (Å²) in [4.78, 5) is 21.1. The Kier molecular flexibility index (Phi) is 3.85. The summed E-state index contributed by atoms with van der Waals surface area (Å²) in [7, 11) is 3.63. The van der Waals surface area contributed by atoms with Gasteiger partial charge in [0.15, 0.2) is 0 Å². The van der Waals surface area contributed by atoms with Crippen LogP contribution >= 0.6 is 0 Å². The number of H-pyrrole nitrogens is 1. The predicted molar refractivity (Wildman–Crippen MR) is 75.1 cm³/mol. The number of imidazole rings is 1. The zero-order valence-electron chi connectivity index (χ0n) is 11.4. The molecule has 0 saturated carbocycles. The molecular weight excluding hydrogens is 240 g/mol. The van der Waals surface area contributed by atoms with E-state index in [4.69, 9.17) is 0 Å². The minimum atomic E-state index is -0.00319. The SMILES string of the molecule is CNc1ccc(C(=O)N(C)Cc2ncc[nH]2)c(C)c1. The van der Waals surface area contributed by atoms with Gasteiger partial charge in [-0.25, -0.2) is 4.98 Å². The topological polar surface area (TPSA) is 61.0 Å². The van der Waals surface area contributed by atoms with Crippen LogP contribution in [0.25, 0.3) is 0 Å². The Bertz CT molecular complexity index is 563. The molecule has 1 heterocycles. The van der Waals surface area contributed by atoms with Gasteiger partial charge in [-0.3, -0.25) is 4.79 Å². The fourth-order valence-corrected chi connectivity index (χ4v) is 1.95. The molecule has 0 atom stereocenters. The van der Waals surface area contributed by atoms with Gasteiger partial charge in [0.2, 0.25) is 0 Å². The second kappa shape index (κ2) is 5.56. The van der Waals surface area contributed by atoms with Crippen molar-refractivity contribution >= 4 is 11.6 Å². The van der Waals surface area contributed by atoms with Crippen LogP contribution in [0.1, 0.15) is 21.7 Å². The first-order valence-electron chi connectivity index (χ1n) is 6.14. The lowest BCUT2D eigenvalue weighted by atomic mass is 10.1. The van der Waals surface area contributed by atoms with Crippen molar-refractivity contribution in [2.75, 3.05) is 19.4 Å². The number of nitrogens with zero attached hydrogens (tertiary/aromatic N) is 2. The van der Waals surface area contributed by atoms with Crippen molar-refractivity contribution in [2.24, 2.45) is 0 Å². The summed E-state index contributed by atoms with van der Waals surface area (Å²) in [5, 5.41) is 3.06. The Morgan fingerprint density at radius 3 is 2.84 bits per heavy atom. The molecule has 0 bridgehead atoms. The van der Waals surface area contributed by atoms with E-state index in [2.05, 4.69) is 15.3 Å². The summed E-state index contributed by atoms with van der Waals surface area (Å²) >= 11 is 0. The first kappa shape index (κ1) is 13.1. The van der Waals surface area contributed by atoms with Crippen molar-refractivity contribution in [1.82, 2.24) is 14.9 Å². The van der Waals surface area contributed by atoms with E-state index in [1.54, 1.807) is 24.3 Å². The van der Waals surface area contributed by atoms with Gasteiger partial charge in [0.05, 0.1) is 6.54 Å². The first-order chi connectivity index (χ1) is 9.11. The average molecular weight is 258 g/mol. The molecule has 1 aromatic heterocycles. The number of aryl methyl sites for hydroxylation is 1. The molecule has 19 heavy (non-hydrogen) atoms. The molecule has 0 spiro atoms. The zero-order chi connectivity index (χ0) is 13.8. The van der Waals surface area contributed by atoms with E-state index >= 15 is 0 Å². The largest absolute Gasteiger partial charge is 0.388 e. The van der Waals surface area contributed by atoms with E-state index in [0.29, 0.717) is 12.1 Å². The maximum atomic E-state index is 12.4. The number of benzene rings is 1. The highest BCUT2D eigenvalue weighted by Crippen LogP contribution is 2.16. The Morgan fingerprint density at radius 2 is 2.26 bits per heavy atom. The molecule has 0 saturated heterocycles. The van der Waals surface area contributed by atoms with Gasteiger partial charge in [0.1, 0.15) is 5.82 Å². The van der Waals surface area contributed by atoms with Gasteiger partial charge < -0.3 is 15.2 Å². The summed E-state index contributed by atoms with van der Waals surface area (Å²) in [5.41, 5.74) is 2.68. The number of aromatic amines is 1. The summed E-state index contributed by atoms with van der Waals surface area (Å²) < 4.78 is 0. The van der Waals surface area contributed by atoms with Gasteiger partial charge in [-0.15, -0.1) is 0 Å². The highest BCUT2D eigenvalue weighted by atomic mass is 16.2. The second-order valence-electron chi connectivity index (χ2n) is 4.48. The van der Waals surface area contributed by atoms with Gasteiger partial charge in [-0.1, -0.05) is 0 Å². The lowest BCUT2D eigenvalue weighted by molar-refractivity contribution is 0.0781. The number of hydrogen-bond donors (Lipinski definition) is 2. The van der Waals surface area contributed by atoms with Gasteiger partial charge >= 0.3 is 0 Å². The summed E-state index contributed by atoms with van der Waals surface area (Å²) in [6, 6.07) is 5.72. The molecule has 0 aliphatic heterocycles. The number of aromatic nitrogens is 2. The third kappa shape index (κ3) is 2.93. The van der Waals surface area contributed by atoms with Crippen molar-refractivity contribution in [1.29, 1.82) is 0 Å². The molecule has 0 radical (unpaired) electrons. The van der Waals surface area contributed by atoms with Crippen molar-refractivity contribution in [2.45, 2.75) is 13.5 Å². The van der Waals surface area contributed by atoms with E-state index in [0.717, 1.165) is 17.1 Å². The van der Waals surface area contributed by atoms with Crippen molar-refractivity contribution in [3.05, 3.63) is 47.5 Å². The van der Waals surface area contributed by atoms with E-state index in [9.17, 15) is 4.79 Å². The molecule has 1 amide bonds. The molecule has 2 rings (SSSR count). The molecule has 1 aromatic carbocycles. The van der Waals surface area contributed by atoms with Crippen LogP contribution in [-0.2, 0) is 6.54 Å². The van der Waals surface area contributed by atoms with Crippen LogP contribution in [0, 0.1) is 6.92 Å². The number of amides is 1. The summed E-state index contributed by atoms with van der Waals surface area (Å²) in [6.07, 6.45) is 3.43. The maximum Gasteiger partial charge on any atom is 0.254 e. The van der Waals surface area contributed by atoms with Gasteiger partial charge in [0, 0.05) is 37.7 Å². The highest BCUT2D eigenvalue weighted by Gasteiger charge is 2.15. The number of nitrogens with one attached hydrogen (secondary N) is 2. The second-order valence-corrected chi connectivity index (χ2v) is 4.48. The Morgan fingerprint density at radius 1 is 1.47 bits per heavy atom. The van der Waals surface area contributed by atoms with Crippen LogP contribution < -0.4 is 5.32 Å². The molecule has 0 fully saturated rings. The van der Waals surface area contributed by atoms with Crippen LogP contribution in [0.5, 0.6) is 0 Å². The van der Waals surface area contributed by atoms with Crippen molar-refractivity contribution < 1.29 is 4.79 Å². The molecule has 5 nitrogen and oxygen atoms in total. The van der Waals surface area contributed by atoms with E-state index in [1.165, 1.54) is 0 Å². The number of carbonyl (C=O) groups excluding carboxylic acids is 1. The lowest BCUT2D eigenvalue weighted by Crippen LogP contribution is -2.27. The molecule has 100 valence electrons. The minimum absolute atomic E-state index is 0.00319. The third-order valence-electron chi connectivity index (χ3n) is 3.03. The smallest absolute Gasteiger partial charge is 0.254 e. The fraction of sp³-hybridized carbons (Fsp3) is 0.286. The predicted octanol–water partition coefficient (Wildman–Crippen LogP) is 2.03. The molecule has 0 unspecified atom stereocenters. The number of hydrogen-bond acceptors (Lipinski definition) is 3. The summed E-state index contributed by atoms with van der Waals surface area (Å²) in [5.74, 6) is 0.775.